The Morgan fingerprint density at radius 2 is 1.76 bits per heavy atom. The van der Waals surface area contributed by atoms with Gasteiger partial charge in [-0.2, -0.15) is 13.2 Å². The molecule has 1 N–H and O–H groups in total. The molecular weight excluding hydrogens is 327 g/mol. The van der Waals surface area contributed by atoms with E-state index in [-0.39, 0.29) is 5.91 Å². The minimum Gasteiger partial charge on any atom is -0.349 e. The van der Waals surface area contributed by atoms with Crippen LogP contribution in [0.15, 0.2) is 54.6 Å². The van der Waals surface area contributed by atoms with Crippen molar-refractivity contribution in [2.45, 2.75) is 43.8 Å². The van der Waals surface area contributed by atoms with E-state index >= 15 is 0 Å². The molecule has 25 heavy (non-hydrogen) atoms. The van der Waals surface area contributed by atoms with Crippen LogP contribution >= 0.6 is 0 Å². The van der Waals surface area contributed by atoms with Crippen molar-refractivity contribution in [3.63, 3.8) is 0 Å². The maximum Gasteiger partial charge on any atom is 0.416 e. The fourth-order valence-corrected chi connectivity index (χ4v) is 3.34. The zero-order valence-electron chi connectivity index (χ0n) is 13.9. The van der Waals surface area contributed by atoms with Crippen LogP contribution in [0.4, 0.5) is 13.2 Å². The predicted molar refractivity (Wildman–Crippen MR) is 90.0 cm³/mol. The van der Waals surface area contributed by atoms with E-state index in [9.17, 15) is 18.0 Å². The molecule has 2 aromatic carbocycles. The molecule has 0 heterocycles. The van der Waals surface area contributed by atoms with Crippen LogP contribution < -0.4 is 5.32 Å². The van der Waals surface area contributed by atoms with Crippen molar-refractivity contribution in [1.29, 1.82) is 0 Å². The quantitative estimate of drug-likeness (QED) is 0.828. The number of rotatable bonds is 4. The molecule has 1 unspecified atom stereocenters. The summed E-state index contributed by atoms with van der Waals surface area (Å²) in [6.45, 7) is 1.71. The second-order valence-corrected chi connectivity index (χ2v) is 6.62. The van der Waals surface area contributed by atoms with Crippen LogP contribution in [-0.2, 0) is 16.4 Å². The molecule has 0 aliphatic heterocycles. The molecule has 3 rings (SSSR count). The van der Waals surface area contributed by atoms with E-state index < -0.39 is 23.2 Å². The maximum absolute atomic E-state index is 12.9. The summed E-state index contributed by atoms with van der Waals surface area (Å²) in [5.74, 6) is -0.116. The summed E-state index contributed by atoms with van der Waals surface area (Å²) >= 11 is 0. The number of amides is 1. The van der Waals surface area contributed by atoms with E-state index in [1.54, 1.807) is 13.0 Å². The van der Waals surface area contributed by atoms with E-state index in [4.69, 9.17) is 0 Å². The highest BCUT2D eigenvalue weighted by atomic mass is 19.4. The number of benzene rings is 2. The Balaban J connectivity index is 1.79. The summed E-state index contributed by atoms with van der Waals surface area (Å²) < 4.78 is 38.6. The molecule has 0 saturated heterocycles. The van der Waals surface area contributed by atoms with Gasteiger partial charge in [-0.15, -0.1) is 0 Å². The molecule has 132 valence electrons. The van der Waals surface area contributed by atoms with Gasteiger partial charge in [-0.1, -0.05) is 48.9 Å². The van der Waals surface area contributed by atoms with Crippen LogP contribution in [0.5, 0.6) is 0 Å². The van der Waals surface area contributed by atoms with Crippen molar-refractivity contribution in [3.8, 4) is 0 Å². The first-order valence-electron chi connectivity index (χ1n) is 8.36. The Bertz CT molecular complexity index is 751. The second-order valence-electron chi connectivity index (χ2n) is 6.62. The van der Waals surface area contributed by atoms with Gasteiger partial charge in [-0.05, 0) is 43.0 Å². The van der Waals surface area contributed by atoms with Gasteiger partial charge in [0, 0.05) is 0 Å². The first-order chi connectivity index (χ1) is 11.8. The lowest BCUT2D eigenvalue weighted by Gasteiger charge is -2.41. The smallest absolute Gasteiger partial charge is 0.349 e. The normalized spacial score (nSPS) is 17.4. The monoisotopic (exact) mass is 347 g/mol. The lowest BCUT2D eigenvalue weighted by molar-refractivity contribution is -0.137. The van der Waals surface area contributed by atoms with E-state index in [0.717, 1.165) is 37.0 Å². The van der Waals surface area contributed by atoms with Gasteiger partial charge in [0.2, 0.25) is 5.91 Å². The van der Waals surface area contributed by atoms with Crippen molar-refractivity contribution >= 4 is 5.91 Å². The number of hydrogen-bond donors (Lipinski definition) is 1. The molecule has 1 fully saturated rings. The van der Waals surface area contributed by atoms with Gasteiger partial charge in [0.25, 0.3) is 0 Å². The summed E-state index contributed by atoms with van der Waals surface area (Å²) in [7, 11) is 0. The van der Waals surface area contributed by atoms with Crippen molar-refractivity contribution in [3.05, 3.63) is 71.3 Å². The van der Waals surface area contributed by atoms with Gasteiger partial charge in [0.15, 0.2) is 0 Å². The standard InChI is InChI=1S/C20H20F3NO/c1-14(15-7-5-10-17(13-15)20(21,22)23)24-18(25)19(11-6-12-19)16-8-3-2-4-9-16/h2-5,7-10,13-14H,6,11-12H2,1H3,(H,24,25). The Kier molecular flexibility index (Phi) is 4.58. The zero-order chi connectivity index (χ0) is 18.1. The van der Waals surface area contributed by atoms with E-state index in [1.807, 2.05) is 30.3 Å². The molecule has 1 atom stereocenters. The van der Waals surface area contributed by atoms with Gasteiger partial charge < -0.3 is 5.32 Å². The molecule has 1 aliphatic carbocycles. The minimum absolute atomic E-state index is 0.116. The first kappa shape index (κ1) is 17.5. The van der Waals surface area contributed by atoms with Crippen LogP contribution in [0.2, 0.25) is 0 Å². The topological polar surface area (TPSA) is 29.1 Å². The van der Waals surface area contributed by atoms with Crippen molar-refractivity contribution in [2.24, 2.45) is 0 Å². The largest absolute Gasteiger partial charge is 0.416 e. The number of carbonyl (C=O) groups excluding carboxylic acids is 1. The number of alkyl halides is 3. The van der Waals surface area contributed by atoms with Crippen LogP contribution in [0.3, 0.4) is 0 Å². The van der Waals surface area contributed by atoms with Gasteiger partial charge in [-0.25, -0.2) is 0 Å². The molecule has 2 nitrogen and oxygen atoms in total. The maximum atomic E-state index is 12.9. The number of nitrogens with one attached hydrogen (secondary N) is 1. The van der Waals surface area contributed by atoms with E-state index in [0.29, 0.717) is 5.56 Å². The average molecular weight is 347 g/mol. The Labute approximate surface area is 145 Å². The molecular formula is C20H20F3NO. The van der Waals surface area contributed by atoms with Crippen molar-refractivity contribution in [1.82, 2.24) is 5.32 Å². The molecule has 1 amide bonds. The second kappa shape index (κ2) is 6.54. The van der Waals surface area contributed by atoms with Crippen molar-refractivity contribution < 1.29 is 18.0 Å². The summed E-state index contributed by atoms with van der Waals surface area (Å²) in [5, 5.41) is 2.91. The Morgan fingerprint density at radius 3 is 2.32 bits per heavy atom. The van der Waals surface area contributed by atoms with Gasteiger partial charge in [0.1, 0.15) is 0 Å². The Morgan fingerprint density at radius 1 is 1.08 bits per heavy atom. The number of hydrogen-bond acceptors (Lipinski definition) is 1. The highest BCUT2D eigenvalue weighted by Gasteiger charge is 2.45. The third-order valence-electron chi connectivity index (χ3n) is 5.03. The molecule has 0 aromatic heterocycles. The molecule has 0 bridgehead atoms. The molecule has 0 spiro atoms. The van der Waals surface area contributed by atoms with Crippen molar-refractivity contribution in [2.75, 3.05) is 0 Å². The highest BCUT2D eigenvalue weighted by Crippen LogP contribution is 2.44. The van der Waals surface area contributed by atoms with Gasteiger partial charge in [-0.3, -0.25) is 4.79 Å². The molecule has 5 heteroatoms. The third-order valence-corrected chi connectivity index (χ3v) is 5.03. The summed E-state index contributed by atoms with van der Waals surface area (Å²) in [6.07, 6.45) is -1.89. The third kappa shape index (κ3) is 3.41. The lowest BCUT2D eigenvalue weighted by atomic mass is 9.63. The van der Waals surface area contributed by atoms with Gasteiger partial charge in [0.05, 0.1) is 17.0 Å². The molecule has 1 saturated carbocycles. The molecule has 0 radical (unpaired) electrons. The van der Waals surface area contributed by atoms with E-state index in [2.05, 4.69) is 5.32 Å². The van der Waals surface area contributed by atoms with Crippen LogP contribution in [0.1, 0.15) is 48.9 Å². The minimum atomic E-state index is -4.39. The fourth-order valence-electron chi connectivity index (χ4n) is 3.34. The van der Waals surface area contributed by atoms with Gasteiger partial charge >= 0.3 is 6.18 Å². The SMILES string of the molecule is CC(NC(=O)C1(c2ccccc2)CCC1)c1cccc(C(F)(F)F)c1. The zero-order valence-corrected chi connectivity index (χ0v) is 13.9. The summed E-state index contributed by atoms with van der Waals surface area (Å²) in [4.78, 5) is 12.9. The lowest BCUT2D eigenvalue weighted by Crippen LogP contribution is -2.49. The number of carbonyl (C=O) groups is 1. The predicted octanol–water partition coefficient (Wildman–Crippen LogP) is 5.00. The molecule has 2 aromatic rings. The fraction of sp³-hybridized carbons (Fsp3) is 0.350. The summed E-state index contributed by atoms with van der Waals surface area (Å²) in [5.41, 5.74) is 0.158. The van der Waals surface area contributed by atoms with Crippen LogP contribution in [0, 0.1) is 0 Å². The average Bonchev–Trinajstić information content (AvgIpc) is 2.54. The van der Waals surface area contributed by atoms with Crippen LogP contribution in [-0.4, -0.2) is 5.91 Å². The van der Waals surface area contributed by atoms with Crippen LogP contribution in [0.25, 0.3) is 0 Å². The highest BCUT2D eigenvalue weighted by molar-refractivity contribution is 5.89. The number of halogens is 3. The summed E-state index contributed by atoms with van der Waals surface area (Å²) in [6, 6.07) is 14.2. The first-order valence-corrected chi connectivity index (χ1v) is 8.36. The Hall–Kier alpha value is -2.30. The molecule has 1 aliphatic rings. The van der Waals surface area contributed by atoms with E-state index in [1.165, 1.54) is 6.07 Å².